The van der Waals surface area contributed by atoms with Gasteiger partial charge < -0.3 is 10.1 Å². The van der Waals surface area contributed by atoms with Gasteiger partial charge in [-0.15, -0.1) is 0 Å². The summed E-state index contributed by atoms with van der Waals surface area (Å²) >= 11 is 0. The maximum Gasteiger partial charge on any atom is 0.243 e. The van der Waals surface area contributed by atoms with Gasteiger partial charge in [-0.2, -0.15) is 5.10 Å². The van der Waals surface area contributed by atoms with E-state index in [1.807, 2.05) is 30.5 Å². The van der Waals surface area contributed by atoms with Crippen LogP contribution in [0.4, 0.5) is 0 Å². The van der Waals surface area contributed by atoms with E-state index in [4.69, 9.17) is 0 Å². The number of benzene rings is 2. The Balaban J connectivity index is 1.97. The minimum absolute atomic E-state index is 0.152. The Hall–Kier alpha value is -3.34. The van der Waals surface area contributed by atoms with Crippen molar-refractivity contribution in [3.05, 3.63) is 60.9 Å². The molecule has 0 radical (unpaired) electrons. The highest BCUT2D eigenvalue weighted by molar-refractivity contribution is 5.99. The maximum atomic E-state index is 11.8. The molecule has 0 atom stereocenters. The van der Waals surface area contributed by atoms with E-state index in [0.717, 1.165) is 27.6 Å². The second-order valence-corrected chi connectivity index (χ2v) is 5.65. The van der Waals surface area contributed by atoms with Crippen LogP contribution < -0.4 is 0 Å². The molecule has 5 nitrogen and oxygen atoms in total. The zero-order valence-corrected chi connectivity index (χ0v) is 13.0. The number of aromatic nitrogens is 3. The summed E-state index contributed by atoms with van der Waals surface area (Å²) in [5.74, 6) is 0.0412. The Labute approximate surface area is 138 Å². The van der Waals surface area contributed by atoms with Gasteiger partial charge in [0.25, 0.3) is 0 Å². The summed E-state index contributed by atoms with van der Waals surface area (Å²) in [6.07, 6.45) is 3.68. The fourth-order valence-corrected chi connectivity index (χ4v) is 2.86. The quantitative estimate of drug-likeness (QED) is 0.585. The minimum Gasteiger partial charge on any atom is -0.508 e. The molecule has 2 N–H and O–H groups in total. The number of hydrogen-bond donors (Lipinski definition) is 2. The first-order chi connectivity index (χ1) is 11.6. The number of phenolic OH excluding ortho intramolecular Hbond substituents is 1. The summed E-state index contributed by atoms with van der Waals surface area (Å²) in [5.41, 5.74) is 4.43. The summed E-state index contributed by atoms with van der Waals surface area (Å²) in [6.45, 7) is 1.48. The Morgan fingerprint density at radius 1 is 1.08 bits per heavy atom. The molecule has 118 valence electrons. The third-order valence-electron chi connectivity index (χ3n) is 4.06. The number of nitrogens with zero attached hydrogens (tertiary/aromatic N) is 2. The van der Waals surface area contributed by atoms with E-state index >= 15 is 0 Å². The van der Waals surface area contributed by atoms with E-state index in [0.29, 0.717) is 5.69 Å². The number of carbonyl (C=O) groups excluding carboxylic acids is 1. The number of phenols is 1. The number of para-hydroxylation sites is 1. The molecule has 0 aliphatic heterocycles. The van der Waals surface area contributed by atoms with Gasteiger partial charge >= 0.3 is 0 Å². The first-order valence-electron chi connectivity index (χ1n) is 7.60. The van der Waals surface area contributed by atoms with Crippen molar-refractivity contribution in [1.82, 2.24) is 14.8 Å². The molecule has 0 spiro atoms. The number of nitrogens with one attached hydrogen (secondary N) is 1. The number of aromatic amines is 1. The summed E-state index contributed by atoms with van der Waals surface area (Å²) in [4.78, 5) is 15.0. The minimum atomic E-state index is -0.152. The van der Waals surface area contributed by atoms with Crippen molar-refractivity contribution < 1.29 is 9.90 Å². The lowest BCUT2D eigenvalue weighted by molar-refractivity contribution is 0.0921. The predicted octanol–water partition coefficient (Wildman–Crippen LogP) is 4.06. The third kappa shape index (κ3) is 2.27. The van der Waals surface area contributed by atoms with Crippen LogP contribution in [0.5, 0.6) is 5.75 Å². The summed E-state index contributed by atoms with van der Waals surface area (Å²) in [5, 5.41) is 15.0. The van der Waals surface area contributed by atoms with Crippen LogP contribution in [0.25, 0.3) is 33.3 Å². The standard InChI is InChI=1S/C19H15N3O2/c1-12(23)22-11-17(16-10-20-18-5-3-2-4-15(16)18)19(21-22)13-6-8-14(24)9-7-13/h2-11,20,24H,1H3. The van der Waals surface area contributed by atoms with Crippen LogP contribution in [-0.4, -0.2) is 25.8 Å². The molecule has 4 rings (SSSR count). The van der Waals surface area contributed by atoms with E-state index in [-0.39, 0.29) is 11.7 Å². The third-order valence-corrected chi connectivity index (χ3v) is 4.06. The van der Waals surface area contributed by atoms with E-state index in [9.17, 15) is 9.90 Å². The zero-order valence-electron chi connectivity index (χ0n) is 13.0. The van der Waals surface area contributed by atoms with Gasteiger partial charge in [0.05, 0.1) is 0 Å². The maximum absolute atomic E-state index is 11.8. The first kappa shape index (κ1) is 14.3. The molecule has 24 heavy (non-hydrogen) atoms. The Morgan fingerprint density at radius 3 is 2.58 bits per heavy atom. The molecule has 0 aliphatic rings. The van der Waals surface area contributed by atoms with E-state index in [1.54, 1.807) is 30.5 Å². The van der Waals surface area contributed by atoms with E-state index < -0.39 is 0 Å². The highest BCUT2D eigenvalue weighted by atomic mass is 16.3. The molecule has 0 unspecified atom stereocenters. The van der Waals surface area contributed by atoms with Crippen LogP contribution in [0.2, 0.25) is 0 Å². The van der Waals surface area contributed by atoms with Gasteiger partial charge in [-0.3, -0.25) is 4.79 Å². The average Bonchev–Trinajstić information content (AvgIpc) is 3.19. The van der Waals surface area contributed by atoms with Gasteiger partial charge in [-0.25, -0.2) is 4.68 Å². The van der Waals surface area contributed by atoms with Crippen molar-refractivity contribution in [3.63, 3.8) is 0 Å². The number of rotatable bonds is 2. The summed E-state index contributed by atoms with van der Waals surface area (Å²) in [6, 6.07) is 14.8. The van der Waals surface area contributed by atoms with Crippen molar-refractivity contribution in [2.24, 2.45) is 0 Å². The molecule has 2 aromatic heterocycles. The largest absolute Gasteiger partial charge is 0.508 e. The molecule has 0 amide bonds. The van der Waals surface area contributed by atoms with Crippen molar-refractivity contribution in [2.45, 2.75) is 6.92 Å². The van der Waals surface area contributed by atoms with Crippen LogP contribution in [0.3, 0.4) is 0 Å². The summed E-state index contributed by atoms with van der Waals surface area (Å²) < 4.78 is 1.35. The molecule has 0 bridgehead atoms. The molecule has 0 saturated carbocycles. The lowest BCUT2D eigenvalue weighted by atomic mass is 10.0. The van der Waals surface area contributed by atoms with E-state index in [2.05, 4.69) is 10.1 Å². The van der Waals surface area contributed by atoms with Crippen LogP contribution in [0.15, 0.2) is 60.9 Å². The second kappa shape index (κ2) is 5.38. The SMILES string of the molecule is CC(=O)n1cc(-c2c[nH]c3ccccc23)c(-c2ccc(O)cc2)n1. The Kier molecular flexibility index (Phi) is 3.20. The van der Waals surface area contributed by atoms with Gasteiger partial charge in [0.15, 0.2) is 0 Å². The second-order valence-electron chi connectivity index (χ2n) is 5.65. The van der Waals surface area contributed by atoms with Crippen molar-refractivity contribution in [2.75, 3.05) is 0 Å². The van der Waals surface area contributed by atoms with Crippen LogP contribution in [0, 0.1) is 0 Å². The van der Waals surface area contributed by atoms with Gasteiger partial charge in [0, 0.05) is 46.9 Å². The normalized spacial score (nSPS) is 11.0. The average molecular weight is 317 g/mol. The van der Waals surface area contributed by atoms with Crippen molar-refractivity contribution in [3.8, 4) is 28.1 Å². The topological polar surface area (TPSA) is 70.9 Å². The monoisotopic (exact) mass is 317 g/mol. The number of carbonyl (C=O) groups is 1. The lowest BCUT2D eigenvalue weighted by Crippen LogP contribution is -2.05. The molecule has 0 aliphatic carbocycles. The molecule has 5 heteroatoms. The van der Waals surface area contributed by atoms with Crippen molar-refractivity contribution >= 4 is 16.8 Å². The number of aromatic hydroxyl groups is 1. The lowest BCUT2D eigenvalue weighted by Gasteiger charge is -2.02. The van der Waals surface area contributed by atoms with Crippen LogP contribution in [-0.2, 0) is 0 Å². The van der Waals surface area contributed by atoms with Gasteiger partial charge in [-0.05, 0) is 30.3 Å². The molecule has 2 aromatic carbocycles. The van der Waals surface area contributed by atoms with Crippen molar-refractivity contribution in [1.29, 1.82) is 0 Å². The predicted molar refractivity (Wildman–Crippen MR) is 92.9 cm³/mol. The Morgan fingerprint density at radius 2 is 1.83 bits per heavy atom. The number of fused-ring (bicyclic) bond motifs is 1. The van der Waals surface area contributed by atoms with Gasteiger partial charge in [0.1, 0.15) is 11.4 Å². The molecule has 0 fully saturated rings. The molecular weight excluding hydrogens is 302 g/mol. The van der Waals surface area contributed by atoms with E-state index in [1.165, 1.54) is 11.6 Å². The zero-order chi connectivity index (χ0) is 16.7. The van der Waals surface area contributed by atoms with Crippen LogP contribution in [0.1, 0.15) is 11.7 Å². The molecule has 0 saturated heterocycles. The fourth-order valence-electron chi connectivity index (χ4n) is 2.86. The number of hydrogen-bond acceptors (Lipinski definition) is 3. The Bertz CT molecular complexity index is 1040. The smallest absolute Gasteiger partial charge is 0.243 e. The molecule has 4 aromatic rings. The molecule has 2 heterocycles. The fraction of sp³-hybridized carbons (Fsp3) is 0.0526. The van der Waals surface area contributed by atoms with Crippen LogP contribution >= 0.6 is 0 Å². The number of H-pyrrole nitrogens is 1. The highest BCUT2D eigenvalue weighted by Gasteiger charge is 2.17. The van der Waals surface area contributed by atoms with Gasteiger partial charge in [0.2, 0.25) is 5.91 Å². The highest BCUT2D eigenvalue weighted by Crippen LogP contribution is 2.35. The van der Waals surface area contributed by atoms with Gasteiger partial charge in [-0.1, -0.05) is 18.2 Å². The summed E-state index contributed by atoms with van der Waals surface area (Å²) in [7, 11) is 0. The first-order valence-corrected chi connectivity index (χ1v) is 7.60. The molecular formula is C19H15N3O2.